The van der Waals surface area contributed by atoms with Crippen molar-refractivity contribution >= 4 is 23.6 Å². The molecule has 2 N–H and O–H groups in total. The lowest BCUT2D eigenvalue weighted by atomic mass is 9.84. The Balaban J connectivity index is 1.82. The van der Waals surface area contributed by atoms with Gasteiger partial charge < -0.3 is 15.4 Å². The van der Waals surface area contributed by atoms with E-state index in [0.29, 0.717) is 24.4 Å². The second-order valence-corrected chi connectivity index (χ2v) is 7.30. The smallest absolute Gasteiger partial charge is 0.411 e. The maximum Gasteiger partial charge on any atom is 0.411 e. The predicted molar refractivity (Wildman–Crippen MR) is 104 cm³/mol. The van der Waals surface area contributed by atoms with Crippen LogP contribution in [0.15, 0.2) is 54.6 Å². The second-order valence-electron chi connectivity index (χ2n) is 6.87. The van der Waals surface area contributed by atoms with Crippen molar-refractivity contribution in [1.29, 1.82) is 0 Å². The molecule has 2 aromatic rings. The van der Waals surface area contributed by atoms with E-state index in [1.807, 2.05) is 61.5 Å². The van der Waals surface area contributed by atoms with Crippen molar-refractivity contribution < 1.29 is 14.3 Å². The van der Waals surface area contributed by atoms with Gasteiger partial charge in [-0.15, -0.1) is 0 Å². The average Bonchev–Trinajstić information content (AvgIpc) is 2.67. The minimum absolute atomic E-state index is 0.139. The molecule has 3 rings (SSSR count). The molecule has 5 nitrogen and oxygen atoms in total. The Labute approximate surface area is 164 Å². The largest absolute Gasteiger partial charge is 0.438 e. The number of nitrogens with zero attached hydrogens (tertiary/aromatic N) is 1. The van der Waals surface area contributed by atoms with Gasteiger partial charge in [-0.3, -0.25) is 4.79 Å². The predicted octanol–water partition coefficient (Wildman–Crippen LogP) is 4.40. The SMILES string of the molecule is C[C@@H](c1ccc(Cl)cc1)N1CCC(CCC(N)=O)(c2ccccc2)OC1=O. The number of hydrogen-bond acceptors (Lipinski definition) is 3. The molecule has 1 aliphatic rings. The van der Waals surface area contributed by atoms with E-state index in [4.69, 9.17) is 22.1 Å². The summed E-state index contributed by atoms with van der Waals surface area (Å²) in [7, 11) is 0. The number of halogens is 1. The molecule has 0 aromatic heterocycles. The number of hydrogen-bond donors (Lipinski definition) is 1. The first-order valence-electron chi connectivity index (χ1n) is 9.00. The molecule has 0 radical (unpaired) electrons. The lowest BCUT2D eigenvalue weighted by Gasteiger charge is -2.43. The third-order valence-corrected chi connectivity index (χ3v) is 5.42. The van der Waals surface area contributed by atoms with Gasteiger partial charge in [-0.2, -0.15) is 0 Å². The van der Waals surface area contributed by atoms with Gasteiger partial charge in [0.05, 0.1) is 6.04 Å². The third kappa shape index (κ3) is 4.25. The Morgan fingerprint density at radius 2 is 1.89 bits per heavy atom. The molecule has 6 heteroatoms. The zero-order valence-corrected chi connectivity index (χ0v) is 16.0. The molecule has 1 aliphatic heterocycles. The Bertz CT molecular complexity index is 810. The van der Waals surface area contributed by atoms with Crippen molar-refractivity contribution in [2.24, 2.45) is 5.73 Å². The minimum atomic E-state index is -0.830. The molecule has 0 saturated carbocycles. The van der Waals surface area contributed by atoms with Gasteiger partial charge >= 0.3 is 6.09 Å². The fourth-order valence-corrected chi connectivity index (χ4v) is 3.66. The van der Waals surface area contributed by atoms with Gasteiger partial charge in [0.1, 0.15) is 5.60 Å². The fraction of sp³-hybridized carbons (Fsp3) is 0.333. The van der Waals surface area contributed by atoms with Crippen LogP contribution in [0.25, 0.3) is 0 Å². The maximum absolute atomic E-state index is 12.9. The van der Waals surface area contributed by atoms with Gasteiger partial charge in [-0.05, 0) is 30.2 Å². The van der Waals surface area contributed by atoms with E-state index in [9.17, 15) is 9.59 Å². The Kier molecular flexibility index (Phi) is 5.71. The van der Waals surface area contributed by atoms with Crippen LogP contribution in [-0.4, -0.2) is 23.4 Å². The Morgan fingerprint density at radius 1 is 1.22 bits per heavy atom. The average molecular weight is 387 g/mol. The molecule has 1 heterocycles. The summed E-state index contributed by atoms with van der Waals surface area (Å²) >= 11 is 5.95. The highest BCUT2D eigenvalue weighted by Crippen LogP contribution is 2.40. The molecular weight excluding hydrogens is 364 g/mol. The van der Waals surface area contributed by atoms with Crippen LogP contribution in [-0.2, 0) is 15.1 Å². The van der Waals surface area contributed by atoms with Crippen LogP contribution in [0.2, 0.25) is 5.02 Å². The van der Waals surface area contributed by atoms with E-state index >= 15 is 0 Å². The summed E-state index contributed by atoms with van der Waals surface area (Å²) in [5.74, 6) is -0.404. The van der Waals surface area contributed by atoms with E-state index in [0.717, 1.165) is 11.1 Å². The van der Waals surface area contributed by atoms with E-state index in [-0.39, 0.29) is 12.5 Å². The van der Waals surface area contributed by atoms with Crippen molar-refractivity contribution in [3.63, 3.8) is 0 Å². The van der Waals surface area contributed by atoms with Crippen molar-refractivity contribution in [1.82, 2.24) is 4.90 Å². The molecule has 1 saturated heterocycles. The van der Waals surface area contributed by atoms with Gasteiger partial charge in [0.25, 0.3) is 0 Å². The molecular formula is C21H23ClN2O3. The molecule has 1 unspecified atom stereocenters. The quantitative estimate of drug-likeness (QED) is 0.799. The Hall–Kier alpha value is -2.53. The molecule has 1 fully saturated rings. The van der Waals surface area contributed by atoms with Gasteiger partial charge in [-0.1, -0.05) is 54.1 Å². The van der Waals surface area contributed by atoms with E-state index < -0.39 is 17.6 Å². The molecule has 0 spiro atoms. The first-order chi connectivity index (χ1) is 12.9. The second kappa shape index (κ2) is 8.01. The molecule has 142 valence electrons. The number of benzene rings is 2. The van der Waals surface area contributed by atoms with Crippen LogP contribution in [0, 0.1) is 0 Å². The first-order valence-corrected chi connectivity index (χ1v) is 9.38. The molecule has 0 aliphatic carbocycles. The lowest BCUT2D eigenvalue weighted by molar-refractivity contribution is -0.121. The fourth-order valence-electron chi connectivity index (χ4n) is 3.53. The van der Waals surface area contributed by atoms with Gasteiger partial charge in [0, 0.05) is 30.8 Å². The zero-order valence-electron chi connectivity index (χ0n) is 15.2. The van der Waals surface area contributed by atoms with Gasteiger partial charge in [0.15, 0.2) is 0 Å². The van der Waals surface area contributed by atoms with E-state index in [1.165, 1.54) is 0 Å². The van der Waals surface area contributed by atoms with Crippen LogP contribution in [0.1, 0.15) is 43.4 Å². The standard InChI is InChI=1S/C21H23ClN2O3/c1-15(16-7-9-18(22)10-8-16)24-14-13-21(27-20(24)26,12-11-19(23)25)17-5-3-2-4-6-17/h2-10,15H,11-14H2,1H3,(H2,23,25)/t15-,21?/m0/s1. The van der Waals surface area contributed by atoms with Crippen LogP contribution < -0.4 is 5.73 Å². The third-order valence-electron chi connectivity index (χ3n) is 5.17. The lowest BCUT2D eigenvalue weighted by Crippen LogP contribution is -2.49. The minimum Gasteiger partial charge on any atom is -0.438 e. The normalized spacial score (nSPS) is 20.8. The molecule has 2 amide bonds. The number of rotatable bonds is 6. The van der Waals surface area contributed by atoms with E-state index in [1.54, 1.807) is 4.90 Å². The number of amides is 2. The summed E-state index contributed by atoms with van der Waals surface area (Å²) in [6, 6.07) is 16.9. The summed E-state index contributed by atoms with van der Waals surface area (Å²) in [5, 5.41) is 0.654. The molecule has 27 heavy (non-hydrogen) atoms. The summed E-state index contributed by atoms with van der Waals surface area (Å²) in [5.41, 5.74) is 6.39. The zero-order chi connectivity index (χ0) is 19.4. The van der Waals surface area contributed by atoms with Crippen molar-refractivity contribution in [3.05, 3.63) is 70.7 Å². The van der Waals surface area contributed by atoms with Crippen LogP contribution in [0.3, 0.4) is 0 Å². The highest BCUT2D eigenvalue weighted by molar-refractivity contribution is 6.30. The number of carbonyl (C=O) groups is 2. The number of carbonyl (C=O) groups excluding carboxylic acids is 2. The van der Waals surface area contributed by atoms with E-state index in [2.05, 4.69) is 0 Å². The summed E-state index contributed by atoms with van der Waals surface area (Å²) in [4.78, 5) is 25.9. The highest BCUT2D eigenvalue weighted by atomic mass is 35.5. The van der Waals surface area contributed by atoms with Crippen LogP contribution in [0.4, 0.5) is 4.79 Å². The topological polar surface area (TPSA) is 72.6 Å². The Morgan fingerprint density at radius 3 is 2.48 bits per heavy atom. The summed E-state index contributed by atoms with van der Waals surface area (Å²) in [6.07, 6.45) is 0.737. The first kappa shape index (κ1) is 19.2. The molecule has 0 bridgehead atoms. The molecule has 2 aromatic carbocycles. The monoisotopic (exact) mass is 386 g/mol. The number of primary amides is 1. The molecule has 2 atom stereocenters. The van der Waals surface area contributed by atoms with Gasteiger partial charge in [-0.25, -0.2) is 4.79 Å². The number of cyclic esters (lactones) is 1. The summed E-state index contributed by atoms with van der Waals surface area (Å²) in [6.45, 7) is 2.49. The van der Waals surface area contributed by atoms with Crippen LogP contribution in [0.5, 0.6) is 0 Å². The van der Waals surface area contributed by atoms with Gasteiger partial charge in [0.2, 0.25) is 5.91 Å². The van der Waals surface area contributed by atoms with Crippen molar-refractivity contribution in [2.45, 2.75) is 37.8 Å². The van der Waals surface area contributed by atoms with Crippen LogP contribution >= 0.6 is 11.6 Å². The number of ether oxygens (including phenoxy) is 1. The van der Waals surface area contributed by atoms with Crippen molar-refractivity contribution in [2.75, 3.05) is 6.54 Å². The number of nitrogens with two attached hydrogens (primary N) is 1. The highest BCUT2D eigenvalue weighted by Gasteiger charge is 2.43. The van der Waals surface area contributed by atoms with Crippen molar-refractivity contribution in [3.8, 4) is 0 Å². The maximum atomic E-state index is 12.9. The summed E-state index contributed by atoms with van der Waals surface area (Å²) < 4.78 is 5.94.